The van der Waals surface area contributed by atoms with E-state index in [1.165, 1.54) is 0 Å². The summed E-state index contributed by atoms with van der Waals surface area (Å²) in [6.45, 7) is 4.22. The summed E-state index contributed by atoms with van der Waals surface area (Å²) in [5.41, 5.74) is -2.39. The van der Waals surface area contributed by atoms with E-state index in [0.717, 1.165) is 32.1 Å². The summed E-state index contributed by atoms with van der Waals surface area (Å²) in [4.78, 5) is 0. The Balaban J connectivity index is 1.56. The van der Waals surface area contributed by atoms with Crippen LogP contribution in [0.25, 0.3) is 0 Å². The van der Waals surface area contributed by atoms with E-state index in [-0.39, 0.29) is 23.4 Å². The molecule has 5 rings (SSSR count). The van der Waals surface area contributed by atoms with Gasteiger partial charge in [0.15, 0.2) is 0 Å². The number of rotatable bonds is 0. The van der Waals surface area contributed by atoms with Gasteiger partial charge in [-0.2, -0.15) is 0 Å². The van der Waals surface area contributed by atoms with Crippen LogP contribution < -0.4 is 0 Å². The number of aliphatic hydroxyl groups excluding tert-OH is 2. The Hall–Kier alpha value is -0.860. The predicted octanol–water partition coefficient (Wildman–Crippen LogP) is 1.86. The first-order valence-electron chi connectivity index (χ1n) is 10.6. The van der Waals surface area contributed by atoms with Crippen molar-refractivity contribution < 1.29 is 20.4 Å². The number of hydrogen-bond donors (Lipinski definition) is 4. The van der Waals surface area contributed by atoms with Crippen LogP contribution in [0.1, 0.15) is 52.4 Å². The fourth-order valence-corrected chi connectivity index (χ4v) is 8.03. The predicted molar refractivity (Wildman–Crippen MR) is 101 cm³/mol. The molecule has 0 saturated heterocycles. The van der Waals surface area contributed by atoms with Crippen LogP contribution in [0.4, 0.5) is 0 Å². The van der Waals surface area contributed by atoms with E-state index < -0.39 is 17.3 Å². The molecule has 10 unspecified atom stereocenters. The first-order chi connectivity index (χ1) is 12.7. The van der Waals surface area contributed by atoms with E-state index in [4.69, 9.17) is 0 Å². The van der Waals surface area contributed by atoms with Crippen molar-refractivity contribution in [1.82, 2.24) is 0 Å². The molecule has 0 radical (unpaired) electrons. The van der Waals surface area contributed by atoms with Crippen molar-refractivity contribution in [3.63, 3.8) is 0 Å². The van der Waals surface area contributed by atoms with Crippen molar-refractivity contribution in [2.24, 2.45) is 40.4 Å². The topological polar surface area (TPSA) is 80.9 Å². The highest BCUT2D eigenvalue weighted by Crippen LogP contribution is 2.76. The highest BCUT2D eigenvalue weighted by atomic mass is 16.3. The Morgan fingerprint density at radius 2 is 1.81 bits per heavy atom. The van der Waals surface area contributed by atoms with Crippen LogP contribution in [0.2, 0.25) is 0 Å². The first kappa shape index (κ1) is 18.2. The van der Waals surface area contributed by atoms with E-state index in [1.807, 2.05) is 6.08 Å². The van der Waals surface area contributed by atoms with Crippen LogP contribution in [0.3, 0.4) is 0 Å². The monoisotopic (exact) mass is 372 g/mol. The fourth-order valence-electron chi connectivity index (χ4n) is 8.03. The van der Waals surface area contributed by atoms with Gasteiger partial charge in [0.25, 0.3) is 0 Å². The van der Waals surface area contributed by atoms with E-state index in [9.17, 15) is 20.4 Å². The molecule has 0 aliphatic heterocycles. The molecule has 0 aromatic heterocycles. The van der Waals surface area contributed by atoms with Gasteiger partial charge < -0.3 is 20.4 Å². The lowest BCUT2D eigenvalue weighted by atomic mass is 9.44. The van der Waals surface area contributed by atoms with Crippen LogP contribution in [0.15, 0.2) is 12.2 Å². The van der Waals surface area contributed by atoms with Gasteiger partial charge in [0.2, 0.25) is 0 Å². The molecule has 4 saturated carbocycles. The molecular formula is C23H32O4. The van der Waals surface area contributed by atoms with Gasteiger partial charge in [0.05, 0.1) is 11.7 Å². The van der Waals surface area contributed by atoms with E-state index in [1.54, 1.807) is 0 Å². The maximum absolute atomic E-state index is 11.6. The molecule has 0 amide bonds. The van der Waals surface area contributed by atoms with E-state index in [0.29, 0.717) is 30.1 Å². The van der Waals surface area contributed by atoms with Gasteiger partial charge in [-0.3, -0.25) is 0 Å². The minimum absolute atomic E-state index is 0.209. The molecule has 27 heavy (non-hydrogen) atoms. The number of fused-ring (bicyclic) bond motifs is 7. The first-order valence-corrected chi connectivity index (χ1v) is 10.6. The highest BCUT2D eigenvalue weighted by molar-refractivity contribution is 5.36. The van der Waals surface area contributed by atoms with E-state index >= 15 is 0 Å². The van der Waals surface area contributed by atoms with Gasteiger partial charge in [0, 0.05) is 23.2 Å². The molecule has 4 fully saturated rings. The Bertz CT molecular complexity index is 751. The van der Waals surface area contributed by atoms with Crippen LogP contribution in [-0.2, 0) is 0 Å². The highest BCUT2D eigenvalue weighted by Gasteiger charge is 2.76. The zero-order chi connectivity index (χ0) is 19.2. The number of hydrogen-bond acceptors (Lipinski definition) is 4. The van der Waals surface area contributed by atoms with Gasteiger partial charge in [-0.05, 0) is 55.8 Å². The van der Waals surface area contributed by atoms with Crippen molar-refractivity contribution in [3.8, 4) is 11.8 Å². The largest absolute Gasteiger partial charge is 0.393 e. The summed E-state index contributed by atoms with van der Waals surface area (Å²) in [6, 6.07) is 0. The quantitative estimate of drug-likeness (QED) is 0.387. The molecule has 0 bridgehead atoms. The lowest BCUT2D eigenvalue weighted by Crippen LogP contribution is -2.62. The van der Waals surface area contributed by atoms with Crippen molar-refractivity contribution in [2.75, 3.05) is 6.61 Å². The maximum atomic E-state index is 11.6. The molecule has 0 heterocycles. The van der Waals surface area contributed by atoms with Crippen molar-refractivity contribution >= 4 is 0 Å². The zero-order valence-electron chi connectivity index (χ0n) is 16.4. The third-order valence-electron chi connectivity index (χ3n) is 9.60. The molecule has 10 atom stereocenters. The third kappa shape index (κ3) is 2.04. The Morgan fingerprint density at radius 1 is 1.07 bits per heavy atom. The second-order valence-electron chi connectivity index (χ2n) is 10.5. The molecule has 4 N–H and O–H groups in total. The van der Waals surface area contributed by atoms with Gasteiger partial charge in [-0.15, -0.1) is 0 Å². The maximum Gasteiger partial charge on any atom is 0.134 e. The summed E-state index contributed by atoms with van der Waals surface area (Å²) >= 11 is 0. The SMILES string of the molecule is CC12CCC(O)CC1(O)C=CC1C2CCC2(C)C1C1CC1C2(O)C#CCO. The van der Waals surface area contributed by atoms with Gasteiger partial charge in [-0.25, -0.2) is 0 Å². The average molecular weight is 373 g/mol. The molecule has 148 valence electrons. The molecule has 4 heteroatoms. The number of allylic oxidation sites excluding steroid dienone is 1. The van der Waals surface area contributed by atoms with Crippen LogP contribution in [0, 0.1) is 52.3 Å². The smallest absolute Gasteiger partial charge is 0.134 e. The molecule has 5 aliphatic carbocycles. The molecular weight excluding hydrogens is 340 g/mol. The van der Waals surface area contributed by atoms with Crippen LogP contribution in [-0.4, -0.2) is 44.3 Å². The normalized spacial score (nSPS) is 60.4. The van der Waals surface area contributed by atoms with Crippen molar-refractivity contribution in [1.29, 1.82) is 0 Å². The lowest BCUT2D eigenvalue weighted by molar-refractivity contribution is -0.178. The molecule has 0 aromatic rings. The summed E-state index contributed by atoms with van der Waals surface area (Å²) in [5, 5.41) is 42.3. The Morgan fingerprint density at radius 3 is 2.56 bits per heavy atom. The number of aliphatic hydroxyl groups is 4. The summed E-state index contributed by atoms with van der Waals surface area (Å²) in [7, 11) is 0. The van der Waals surface area contributed by atoms with Gasteiger partial charge in [0.1, 0.15) is 12.2 Å². The Kier molecular flexibility index (Phi) is 3.63. The fraction of sp³-hybridized carbons (Fsp3) is 0.826. The Labute approximate surface area is 161 Å². The average Bonchev–Trinajstić information content (AvgIpc) is 3.38. The van der Waals surface area contributed by atoms with Crippen LogP contribution in [0.5, 0.6) is 0 Å². The summed E-state index contributed by atoms with van der Waals surface area (Å²) in [6.07, 6.45) is 8.72. The molecule has 0 spiro atoms. The second-order valence-corrected chi connectivity index (χ2v) is 10.5. The second kappa shape index (κ2) is 5.39. The molecule has 0 aromatic carbocycles. The third-order valence-corrected chi connectivity index (χ3v) is 9.60. The molecule has 5 aliphatic rings. The van der Waals surface area contributed by atoms with Crippen molar-refractivity contribution in [3.05, 3.63) is 12.2 Å². The molecule has 4 nitrogen and oxygen atoms in total. The van der Waals surface area contributed by atoms with Crippen LogP contribution >= 0.6 is 0 Å². The minimum Gasteiger partial charge on any atom is -0.393 e. The lowest BCUT2D eigenvalue weighted by Gasteiger charge is -2.62. The van der Waals surface area contributed by atoms with Gasteiger partial charge >= 0.3 is 0 Å². The van der Waals surface area contributed by atoms with Crippen molar-refractivity contribution in [2.45, 2.75) is 69.7 Å². The zero-order valence-corrected chi connectivity index (χ0v) is 16.4. The summed E-state index contributed by atoms with van der Waals surface area (Å²) < 4.78 is 0. The van der Waals surface area contributed by atoms with Gasteiger partial charge in [-0.1, -0.05) is 37.8 Å². The van der Waals surface area contributed by atoms with E-state index in [2.05, 4.69) is 31.8 Å². The summed E-state index contributed by atoms with van der Waals surface area (Å²) in [5.74, 6) is 7.64. The standard InChI is InChI=1S/C23H32O4/c1-20-8-4-14(25)13-22(20,26)10-5-15-17(20)6-9-21(2)19(15)16-12-18(16)23(21,27)7-3-11-24/h5,10,14-19,24-27H,4,6,8-9,11-13H2,1-2H3. The minimum atomic E-state index is -0.999.